The number of ether oxygens (including phenoxy) is 1. The van der Waals surface area contributed by atoms with Gasteiger partial charge in [-0.05, 0) is 79.8 Å². The Bertz CT molecular complexity index is 1370. The van der Waals surface area contributed by atoms with Crippen molar-refractivity contribution in [3.05, 3.63) is 108 Å². The lowest BCUT2D eigenvalue weighted by Gasteiger charge is -2.29. The largest absolute Gasteiger partial charge is 0.497 e. The third-order valence-electron chi connectivity index (χ3n) is 6.55. The van der Waals surface area contributed by atoms with Crippen molar-refractivity contribution >= 4 is 28.9 Å². The van der Waals surface area contributed by atoms with Crippen molar-refractivity contribution < 1.29 is 9.53 Å². The van der Waals surface area contributed by atoms with Crippen molar-refractivity contribution in [2.45, 2.75) is 25.4 Å². The maximum atomic E-state index is 12.8. The minimum atomic E-state index is -0.166. The quantitative estimate of drug-likeness (QED) is 0.317. The predicted molar refractivity (Wildman–Crippen MR) is 149 cm³/mol. The van der Waals surface area contributed by atoms with Crippen molar-refractivity contribution in [3.8, 4) is 11.4 Å². The summed E-state index contributed by atoms with van der Waals surface area (Å²) in [5, 5.41) is 7.06. The second kappa shape index (κ2) is 10.8. The fourth-order valence-electron chi connectivity index (χ4n) is 4.66. The van der Waals surface area contributed by atoms with Gasteiger partial charge in [0.05, 0.1) is 24.9 Å². The molecule has 0 saturated carbocycles. The molecule has 1 saturated heterocycles. The van der Waals surface area contributed by atoms with E-state index in [1.165, 1.54) is 0 Å². The maximum Gasteiger partial charge on any atom is 0.226 e. The van der Waals surface area contributed by atoms with Gasteiger partial charge in [0.2, 0.25) is 5.91 Å². The minimum Gasteiger partial charge on any atom is -0.497 e. The van der Waals surface area contributed by atoms with Gasteiger partial charge in [0, 0.05) is 42.4 Å². The monoisotopic (exact) mass is 511 g/mol. The molecule has 1 amide bonds. The van der Waals surface area contributed by atoms with Crippen molar-refractivity contribution in [1.82, 2.24) is 19.8 Å². The van der Waals surface area contributed by atoms with E-state index in [9.17, 15) is 4.79 Å². The molecule has 1 aliphatic heterocycles. The molecule has 2 aromatic heterocycles. The molecule has 0 spiro atoms. The van der Waals surface area contributed by atoms with Crippen molar-refractivity contribution in [3.63, 3.8) is 0 Å². The van der Waals surface area contributed by atoms with Crippen LogP contribution in [0.5, 0.6) is 5.75 Å². The number of aromatic nitrogens is 2. The van der Waals surface area contributed by atoms with Gasteiger partial charge in [-0.3, -0.25) is 9.78 Å². The lowest BCUT2D eigenvalue weighted by molar-refractivity contribution is -0.116. The third-order valence-corrected chi connectivity index (χ3v) is 6.90. The Kier molecular flexibility index (Phi) is 7.18. The number of pyridine rings is 1. The summed E-state index contributed by atoms with van der Waals surface area (Å²) in [6.45, 7) is 2.48. The zero-order valence-electron chi connectivity index (χ0n) is 20.8. The molecular weight excluding hydrogens is 482 g/mol. The number of carbonyl (C=O) groups is 1. The van der Waals surface area contributed by atoms with Crippen LogP contribution in [0.1, 0.15) is 35.5 Å². The number of rotatable bonds is 8. The first kappa shape index (κ1) is 24.5. The number of aryl methyl sites for hydroxylation is 1. The van der Waals surface area contributed by atoms with Gasteiger partial charge >= 0.3 is 0 Å². The Morgan fingerprint density at radius 1 is 1.05 bits per heavy atom. The maximum absolute atomic E-state index is 12.8. The number of hydrogen-bond donors (Lipinski definition) is 2. The summed E-state index contributed by atoms with van der Waals surface area (Å²) in [6.07, 6.45) is 4.12. The van der Waals surface area contributed by atoms with E-state index in [2.05, 4.69) is 31.2 Å². The number of thiocarbonyl (C=S) groups is 1. The van der Waals surface area contributed by atoms with Gasteiger partial charge in [0.25, 0.3) is 0 Å². The number of methoxy groups -OCH3 is 1. The Balaban J connectivity index is 1.43. The van der Waals surface area contributed by atoms with E-state index in [4.69, 9.17) is 17.0 Å². The molecule has 1 aliphatic rings. The average molecular weight is 512 g/mol. The molecule has 2 unspecified atom stereocenters. The number of anilines is 1. The molecule has 4 aromatic rings. The zero-order valence-corrected chi connectivity index (χ0v) is 21.6. The van der Waals surface area contributed by atoms with Gasteiger partial charge in [0.1, 0.15) is 5.75 Å². The van der Waals surface area contributed by atoms with Gasteiger partial charge in [-0.15, -0.1) is 0 Å². The first-order chi connectivity index (χ1) is 18.0. The highest BCUT2D eigenvalue weighted by Crippen LogP contribution is 2.39. The minimum absolute atomic E-state index is 0.0581. The first-order valence-corrected chi connectivity index (χ1v) is 12.6. The normalized spacial score (nSPS) is 16.9. The molecule has 0 aliphatic carbocycles. The second-order valence-electron chi connectivity index (χ2n) is 8.99. The van der Waals surface area contributed by atoms with Gasteiger partial charge < -0.3 is 24.8 Å². The number of carbonyl (C=O) groups excluding carboxylic acids is 1. The third kappa shape index (κ3) is 5.34. The number of hydrogen-bond acceptors (Lipinski definition) is 4. The Morgan fingerprint density at radius 2 is 1.84 bits per heavy atom. The van der Waals surface area contributed by atoms with Gasteiger partial charge in [-0.25, -0.2) is 0 Å². The molecule has 7 nitrogen and oxygen atoms in total. The van der Waals surface area contributed by atoms with Gasteiger partial charge in [-0.2, -0.15) is 0 Å². The lowest BCUT2D eigenvalue weighted by Crippen LogP contribution is -2.33. The van der Waals surface area contributed by atoms with Crippen LogP contribution in [0.2, 0.25) is 0 Å². The van der Waals surface area contributed by atoms with Crippen molar-refractivity contribution in [2.75, 3.05) is 19.0 Å². The number of nitrogens with zero attached hydrogens (tertiary/aromatic N) is 3. The molecule has 2 atom stereocenters. The summed E-state index contributed by atoms with van der Waals surface area (Å²) in [5.41, 5.74) is 4.88. The summed E-state index contributed by atoms with van der Waals surface area (Å²) < 4.78 is 7.48. The molecule has 0 radical (unpaired) electrons. The van der Waals surface area contributed by atoms with E-state index >= 15 is 0 Å². The molecule has 8 heteroatoms. The van der Waals surface area contributed by atoms with Crippen LogP contribution in [0, 0.1) is 6.92 Å². The molecule has 2 N–H and O–H groups in total. The highest BCUT2D eigenvalue weighted by Gasteiger charge is 2.41. The predicted octanol–water partition coefficient (Wildman–Crippen LogP) is 5.19. The van der Waals surface area contributed by atoms with Crippen LogP contribution < -0.4 is 15.4 Å². The molecule has 3 heterocycles. The number of nitrogens with one attached hydrogen (secondary N) is 2. The van der Waals surface area contributed by atoms with E-state index < -0.39 is 0 Å². The summed E-state index contributed by atoms with van der Waals surface area (Å²) in [6, 6.07) is 25.4. The number of benzene rings is 2. The van der Waals surface area contributed by atoms with E-state index in [1.807, 2.05) is 85.9 Å². The zero-order chi connectivity index (χ0) is 25.8. The fourth-order valence-corrected chi connectivity index (χ4v) is 5.00. The summed E-state index contributed by atoms with van der Waals surface area (Å²) in [5.74, 6) is 0.742. The molecule has 2 aromatic carbocycles. The van der Waals surface area contributed by atoms with E-state index in [1.54, 1.807) is 13.3 Å². The molecule has 5 rings (SSSR count). The highest BCUT2D eigenvalue weighted by molar-refractivity contribution is 7.80. The highest BCUT2D eigenvalue weighted by atomic mass is 32.1. The summed E-state index contributed by atoms with van der Waals surface area (Å²) in [4.78, 5) is 19.5. The standard InChI is InChI=1S/C29H29N5O2S/c1-20-8-10-21(11-9-20)31-26(35)16-19-34-28(27(32-29(34)37)24-6-3-4-17-30-24)25-7-5-18-33(25)22-12-14-23(36-2)15-13-22/h3-15,17-18,27-28H,16,19H2,1-2H3,(H,31,35)(H,32,37). The average Bonchev–Trinajstić information content (AvgIpc) is 3.53. The van der Waals surface area contributed by atoms with Crippen LogP contribution >= 0.6 is 12.2 Å². The van der Waals surface area contributed by atoms with E-state index in [-0.39, 0.29) is 18.0 Å². The van der Waals surface area contributed by atoms with Crippen LogP contribution in [-0.4, -0.2) is 39.1 Å². The SMILES string of the molecule is COc1ccc(-n2cccc2C2C(c3ccccn3)NC(=S)N2CCC(=O)Nc2ccc(C)cc2)cc1. The Labute approximate surface area is 222 Å². The summed E-state index contributed by atoms with van der Waals surface area (Å²) >= 11 is 5.79. The smallest absolute Gasteiger partial charge is 0.226 e. The van der Waals surface area contributed by atoms with Crippen LogP contribution in [0.3, 0.4) is 0 Å². The van der Waals surface area contributed by atoms with Crippen LogP contribution in [-0.2, 0) is 4.79 Å². The lowest BCUT2D eigenvalue weighted by atomic mass is 10.0. The van der Waals surface area contributed by atoms with E-state index in [0.717, 1.165) is 34.1 Å². The number of amides is 1. The van der Waals surface area contributed by atoms with Crippen LogP contribution in [0.15, 0.2) is 91.3 Å². The topological polar surface area (TPSA) is 71.4 Å². The molecule has 0 bridgehead atoms. The van der Waals surface area contributed by atoms with Crippen molar-refractivity contribution in [2.24, 2.45) is 0 Å². The molecule has 37 heavy (non-hydrogen) atoms. The molecule has 1 fully saturated rings. The Hall–Kier alpha value is -4.17. The van der Waals surface area contributed by atoms with Crippen molar-refractivity contribution in [1.29, 1.82) is 0 Å². The summed E-state index contributed by atoms with van der Waals surface area (Å²) in [7, 11) is 1.66. The van der Waals surface area contributed by atoms with Gasteiger partial charge in [0.15, 0.2) is 5.11 Å². The molecule has 188 valence electrons. The Morgan fingerprint density at radius 3 is 2.54 bits per heavy atom. The molecular formula is C29H29N5O2S. The van der Waals surface area contributed by atoms with Gasteiger partial charge in [-0.1, -0.05) is 23.8 Å². The van der Waals surface area contributed by atoms with Crippen LogP contribution in [0.25, 0.3) is 5.69 Å². The van der Waals surface area contributed by atoms with Crippen LogP contribution in [0.4, 0.5) is 5.69 Å². The van der Waals surface area contributed by atoms with E-state index in [0.29, 0.717) is 18.1 Å². The second-order valence-corrected chi connectivity index (χ2v) is 9.37. The first-order valence-electron chi connectivity index (χ1n) is 12.2. The fraction of sp³-hybridized carbons (Fsp3) is 0.207.